The number of nitrogens with two attached hydrogens (primary N) is 1. The zero-order valence-electron chi connectivity index (χ0n) is 10.0. The van der Waals surface area contributed by atoms with Gasteiger partial charge < -0.3 is 0 Å². The standard InChI is InChI=1S/C14H16N4/c15-18-14(11-7-16-9-17-8-11)13-6-12(13)10-4-2-1-3-5-10/h1-5,7-9,12-14,18H,6,15H2. The van der Waals surface area contributed by atoms with Crippen molar-refractivity contribution in [1.29, 1.82) is 0 Å². The highest BCUT2D eigenvalue weighted by Crippen LogP contribution is 2.53. The maximum absolute atomic E-state index is 5.68. The first-order valence-electron chi connectivity index (χ1n) is 6.16. The van der Waals surface area contributed by atoms with Crippen molar-refractivity contribution in [3.63, 3.8) is 0 Å². The molecule has 0 aliphatic heterocycles. The van der Waals surface area contributed by atoms with Gasteiger partial charge in [0.25, 0.3) is 0 Å². The van der Waals surface area contributed by atoms with Crippen LogP contribution in [0.4, 0.5) is 0 Å². The largest absolute Gasteiger partial charge is 0.271 e. The molecule has 3 N–H and O–H groups in total. The van der Waals surface area contributed by atoms with E-state index < -0.39 is 0 Å². The van der Waals surface area contributed by atoms with Crippen molar-refractivity contribution in [2.75, 3.05) is 0 Å². The second-order valence-electron chi connectivity index (χ2n) is 4.73. The summed E-state index contributed by atoms with van der Waals surface area (Å²) in [6.07, 6.45) is 6.36. The second kappa shape index (κ2) is 4.84. The summed E-state index contributed by atoms with van der Waals surface area (Å²) in [5.74, 6) is 6.80. The fraction of sp³-hybridized carbons (Fsp3) is 0.286. The predicted octanol–water partition coefficient (Wildman–Crippen LogP) is 1.78. The molecule has 1 fully saturated rings. The molecule has 92 valence electrons. The summed E-state index contributed by atoms with van der Waals surface area (Å²) in [6, 6.07) is 10.7. The molecule has 1 aromatic heterocycles. The van der Waals surface area contributed by atoms with Gasteiger partial charge in [-0.15, -0.1) is 0 Å². The average molecular weight is 240 g/mol. The van der Waals surface area contributed by atoms with E-state index in [1.54, 1.807) is 6.33 Å². The molecule has 1 saturated carbocycles. The summed E-state index contributed by atoms with van der Waals surface area (Å²) in [6.45, 7) is 0. The van der Waals surface area contributed by atoms with Gasteiger partial charge in [-0.25, -0.2) is 9.97 Å². The molecule has 4 nitrogen and oxygen atoms in total. The molecule has 0 spiro atoms. The van der Waals surface area contributed by atoms with Crippen molar-refractivity contribution in [3.05, 3.63) is 60.2 Å². The van der Waals surface area contributed by atoms with Crippen molar-refractivity contribution in [2.45, 2.75) is 18.4 Å². The maximum Gasteiger partial charge on any atom is 0.115 e. The van der Waals surface area contributed by atoms with Crippen molar-refractivity contribution >= 4 is 0 Å². The van der Waals surface area contributed by atoms with Crippen LogP contribution >= 0.6 is 0 Å². The lowest BCUT2D eigenvalue weighted by molar-refractivity contribution is 0.484. The summed E-state index contributed by atoms with van der Waals surface area (Å²) in [7, 11) is 0. The van der Waals surface area contributed by atoms with E-state index in [0.29, 0.717) is 11.8 Å². The lowest BCUT2D eigenvalue weighted by Crippen LogP contribution is -2.30. The van der Waals surface area contributed by atoms with Gasteiger partial charge in [-0.3, -0.25) is 11.3 Å². The van der Waals surface area contributed by atoms with Gasteiger partial charge >= 0.3 is 0 Å². The first-order chi connectivity index (χ1) is 8.90. The first-order valence-corrected chi connectivity index (χ1v) is 6.16. The minimum Gasteiger partial charge on any atom is -0.271 e. The molecule has 0 bridgehead atoms. The van der Waals surface area contributed by atoms with Crippen molar-refractivity contribution in [3.8, 4) is 0 Å². The van der Waals surface area contributed by atoms with Crippen LogP contribution in [-0.4, -0.2) is 9.97 Å². The fourth-order valence-corrected chi connectivity index (χ4v) is 2.60. The lowest BCUT2D eigenvalue weighted by Gasteiger charge is -2.15. The molecule has 1 heterocycles. The molecule has 1 aliphatic rings. The van der Waals surface area contributed by atoms with Crippen molar-refractivity contribution in [2.24, 2.45) is 11.8 Å². The smallest absolute Gasteiger partial charge is 0.115 e. The van der Waals surface area contributed by atoms with Gasteiger partial charge in [-0.1, -0.05) is 30.3 Å². The van der Waals surface area contributed by atoms with E-state index in [0.717, 1.165) is 12.0 Å². The minimum absolute atomic E-state index is 0.136. The Labute approximate surface area is 106 Å². The van der Waals surface area contributed by atoms with Crippen LogP contribution in [0.25, 0.3) is 0 Å². The average Bonchev–Trinajstić information content (AvgIpc) is 3.22. The molecule has 0 saturated heterocycles. The van der Waals surface area contributed by atoms with Crippen LogP contribution in [0.15, 0.2) is 49.1 Å². The Hall–Kier alpha value is -1.78. The van der Waals surface area contributed by atoms with Crippen molar-refractivity contribution in [1.82, 2.24) is 15.4 Å². The van der Waals surface area contributed by atoms with Crippen LogP contribution in [-0.2, 0) is 0 Å². The number of aromatic nitrogens is 2. The van der Waals surface area contributed by atoms with Crippen LogP contribution in [0.1, 0.15) is 29.5 Å². The van der Waals surface area contributed by atoms with E-state index in [1.165, 1.54) is 5.56 Å². The van der Waals surface area contributed by atoms with Crippen LogP contribution in [0.3, 0.4) is 0 Å². The van der Waals surface area contributed by atoms with Crippen LogP contribution in [0.5, 0.6) is 0 Å². The molecule has 1 aromatic carbocycles. The number of hydrogen-bond donors (Lipinski definition) is 2. The molecule has 0 radical (unpaired) electrons. The highest BCUT2D eigenvalue weighted by Gasteiger charge is 2.44. The third-order valence-corrected chi connectivity index (χ3v) is 3.61. The zero-order chi connectivity index (χ0) is 12.4. The summed E-state index contributed by atoms with van der Waals surface area (Å²) in [5, 5.41) is 0. The molecule has 4 heteroatoms. The molecular formula is C14H16N4. The molecule has 1 aliphatic carbocycles. The van der Waals surface area contributed by atoms with Gasteiger partial charge in [0.2, 0.25) is 0 Å². The van der Waals surface area contributed by atoms with Crippen LogP contribution < -0.4 is 11.3 Å². The Morgan fingerprint density at radius 2 is 1.89 bits per heavy atom. The number of nitrogens with one attached hydrogen (secondary N) is 1. The number of benzene rings is 1. The Balaban J connectivity index is 1.77. The highest BCUT2D eigenvalue weighted by atomic mass is 15.2. The third kappa shape index (κ3) is 2.12. The summed E-state index contributed by atoms with van der Waals surface area (Å²) in [4.78, 5) is 8.11. The van der Waals surface area contributed by atoms with Crippen molar-refractivity contribution < 1.29 is 0 Å². The van der Waals surface area contributed by atoms with E-state index in [9.17, 15) is 0 Å². The number of nitrogens with zero attached hydrogens (tertiary/aromatic N) is 2. The predicted molar refractivity (Wildman–Crippen MR) is 69.4 cm³/mol. The third-order valence-electron chi connectivity index (χ3n) is 3.61. The molecule has 3 atom stereocenters. The first kappa shape index (κ1) is 11.3. The number of rotatable bonds is 4. The molecule has 3 rings (SSSR count). The maximum atomic E-state index is 5.68. The van der Waals surface area contributed by atoms with E-state index in [1.807, 2.05) is 18.5 Å². The van der Waals surface area contributed by atoms with Crippen LogP contribution in [0.2, 0.25) is 0 Å². The van der Waals surface area contributed by atoms with Gasteiger partial charge in [0.15, 0.2) is 0 Å². The highest BCUT2D eigenvalue weighted by molar-refractivity contribution is 5.28. The second-order valence-corrected chi connectivity index (χ2v) is 4.73. The summed E-state index contributed by atoms with van der Waals surface area (Å²) < 4.78 is 0. The van der Waals surface area contributed by atoms with Gasteiger partial charge in [-0.2, -0.15) is 0 Å². The van der Waals surface area contributed by atoms with Gasteiger partial charge in [0.05, 0.1) is 6.04 Å². The monoisotopic (exact) mass is 240 g/mol. The zero-order valence-corrected chi connectivity index (χ0v) is 10.0. The fourth-order valence-electron chi connectivity index (χ4n) is 2.60. The van der Waals surface area contributed by atoms with E-state index in [4.69, 9.17) is 5.84 Å². The molecule has 3 unspecified atom stereocenters. The molecular weight excluding hydrogens is 224 g/mol. The Bertz CT molecular complexity index is 500. The SMILES string of the molecule is NNC(c1cncnc1)C1CC1c1ccccc1. The Morgan fingerprint density at radius 1 is 1.17 bits per heavy atom. The van der Waals surface area contributed by atoms with Crippen LogP contribution in [0, 0.1) is 5.92 Å². The van der Waals surface area contributed by atoms with Gasteiger partial charge in [-0.05, 0) is 23.8 Å². The number of hydrazine groups is 1. The number of hydrogen-bond acceptors (Lipinski definition) is 4. The topological polar surface area (TPSA) is 63.8 Å². The van der Waals surface area contributed by atoms with E-state index in [-0.39, 0.29) is 6.04 Å². The minimum atomic E-state index is 0.136. The normalized spacial score (nSPS) is 23.6. The van der Waals surface area contributed by atoms with Gasteiger partial charge in [0, 0.05) is 18.0 Å². The lowest BCUT2D eigenvalue weighted by atomic mass is 10.0. The molecule has 0 amide bonds. The molecule has 2 aromatic rings. The Morgan fingerprint density at radius 3 is 2.56 bits per heavy atom. The quantitative estimate of drug-likeness (QED) is 0.631. The van der Waals surface area contributed by atoms with E-state index >= 15 is 0 Å². The summed E-state index contributed by atoms with van der Waals surface area (Å²) in [5.41, 5.74) is 5.35. The molecule has 18 heavy (non-hydrogen) atoms. The van der Waals surface area contributed by atoms with Gasteiger partial charge in [0.1, 0.15) is 6.33 Å². The van der Waals surface area contributed by atoms with E-state index in [2.05, 4.69) is 39.7 Å². The Kier molecular flexibility index (Phi) is 3.04. The summed E-state index contributed by atoms with van der Waals surface area (Å²) >= 11 is 0.